The molecule has 0 bridgehead atoms. The molecule has 6 nitrogen and oxygen atoms in total. The number of nitriles is 1. The first-order valence-corrected chi connectivity index (χ1v) is 5.17. The predicted octanol–water partition coefficient (Wildman–Crippen LogP) is 1.23. The van der Waals surface area contributed by atoms with Crippen LogP contribution in [0, 0.1) is 18.3 Å². The summed E-state index contributed by atoms with van der Waals surface area (Å²) >= 11 is 0. The van der Waals surface area contributed by atoms with Crippen LogP contribution in [0.15, 0.2) is 24.5 Å². The van der Waals surface area contributed by atoms with Crippen molar-refractivity contribution in [2.75, 3.05) is 7.11 Å². The normalized spacial score (nSPS) is 9.83. The van der Waals surface area contributed by atoms with Crippen LogP contribution in [0.5, 0.6) is 0 Å². The number of methoxy groups -OCH3 is 1. The Morgan fingerprint density at radius 1 is 1.56 bits per heavy atom. The van der Waals surface area contributed by atoms with Crippen molar-refractivity contribution in [3.05, 3.63) is 41.6 Å². The van der Waals surface area contributed by atoms with Gasteiger partial charge in [0.15, 0.2) is 5.82 Å². The number of esters is 1. The summed E-state index contributed by atoms with van der Waals surface area (Å²) in [6.07, 6.45) is 3.05. The average Bonchev–Trinajstić information content (AvgIpc) is 2.85. The monoisotopic (exact) mass is 242 g/mol. The van der Waals surface area contributed by atoms with Crippen LogP contribution >= 0.6 is 0 Å². The molecule has 0 aromatic carbocycles. The lowest BCUT2D eigenvalue weighted by molar-refractivity contribution is 0.0599. The largest absolute Gasteiger partial charge is 0.465 e. The highest BCUT2D eigenvalue weighted by Gasteiger charge is 2.17. The van der Waals surface area contributed by atoms with Gasteiger partial charge in [0, 0.05) is 12.4 Å². The summed E-state index contributed by atoms with van der Waals surface area (Å²) in [5.41, 5.74) is 0.606. The Hall–Kier alpha value is -2.68. The molecule has 0 atom stereocenters. The van der Waals surface area contributed by atoms with E-state index in [9.17, 15) is 4.79 Å². The number of nitrogens with zero attached hydrogens (tertiary/aromatic N) is 4. The third-order valence-corrected chi connectivity index (χ3v) is 2.39. The van der Waals surface area contributed by atoms with E-state index in [0.29, 0.717) is 17.3 Å². The van der Waals surface area contributed by atoms with E-state index in [1.165, 1.54) is 17.9 Å². The Bertz CT molecular complexity index is 640. The summed E-state index contributed by atoms with van der Waals surface area (Å²) in [5.74, 6) is 0.314. The van der Waals surface area contributed by atoms with Crippen LogP contribution in [0.4, 0.5) is 0 Å². The maximum absolute atomic E-state index is 11.6. The molecule has 2 heterocycles. The fraction of sp³-hybridized carbons (Fsp3) is 0.167. The Kier molecular flexibility index (Phi) is 3.06. The molecular weight excluding hydrogens is 232 g/mol. The Labute approximate surface area is 103 Å². The van der Waals surface area contributed by atoms with Gasteiger partial charge in [-0.3, -0.25) is 4.57 Å². The van der Waals surface area contributed by atoms with Gasteiger partial charge in [-0.15, -0.1) is 0 Å². The molecule has 2 rings (SSSR count). The third-order valence-electron chi connectivity index (χ3n) is 2.39. The zero-order valence-electron chi connectivity index (χ0n) is 9.91. The van der Waals surface area contributed by atoms with Gasteiger partial charge in [0.1, 0.15) is 23.2 Å². The molecule has 0 unspecified atom stereocenters. The second-order valence-corrected chi connectivity index (χ2v) is 3.52. The number of aromatic nitrogens is 3. The number of carbonyl (C=O) groups excluding carboxylic acids is 1. The summed E-state index contributed by atoms with van der Waals surface area (Å²) in [6.45, 7) is 1.71. The molecule has 0 saturated heterocycles. The second kappa shape index (κ2) is 4.67. The van der Waals surface area contributed by atoms with Gasteiger partial charge >= 0.3 is 5.97 Å². The van der Waals surface area contributed by atoms with Gasteiger partial charge in [0.05, 0.1) is 7.11 Å². The minimum absolute atomic E-state index is 0.218. The van der Waals surface area contributed by atoms with Gasteiger partial charge in [-0.2, -0.15) is 5.26 Å². The SMILES string of the molecule is COC(=O)c1cnc(C)nc1-n1cccc1C#N. The zero-order chi connectivity index (χ0) is 13.1. The van der Waals surface area contributed by atoms with E-state index in [4.69, 9.17) is 5.26 Å². The molecule has 18 heavy (non-hydrogen) atoms. The summed E-state index contributed by atoms with van der Waals surface area (Å²) < 4.78 is 6.20. The van der Waals surface area contributed by atoms with E-state index in [1.807, 2.05) is 6.07 Å². The molecular formula is C12H10N4O2. The molecule has 0 saturated carbocycles. The summed E-state index contributed by atoms with van der Waals surface area (Å²) in [7, 11) is 1.28. The third kappa shape index (κ3) is 1.94. The van der Waals surface area contributed by atoms with Crippen molar-refractivity contribution in [2.24, 2.45) is 0 Å². The highest BCUT2D eigenvalue weighted by molar-refractivity contribution is 5.92. The lowest BCUT2D eigenvalue weighted by atomic mass is 10.3. The van der Waals surface area contributed by atoms with Crippen molar-refractivity contribution in [1.82, 2.24) is 14.5 Å². The first-order valence-electron chi connectivity index (χ1n) is 5.17. The van der Waals surface area contributed by atoms with Crippen molar-refractivity contribution < 1.29 is 9.53 Å². The van der Waals surface area contributed by atoms with Crippen LogP contribution in [0.3, 0.4) is 0 Å². The van der Waals surface area contributed by atoms with Crippen LogP contribution in [0.1, 0.15) is 21.9 Å². The predicted molar refractivity (Wildman–Crippen MR) is 62.2 cm³/mol. The molecule has 0 spiro atoms. The van der Waals surface area contributed by atoms with E-state index < -0.39 is 5.97 Å². The summed E-state index contributed by atoms with van der Waals surface area (Å²) in [5, 5.41) is 8.99. The van der Waals surface area contributed by atoms with Crippen LogP contribution in [0.2, 0.25) is 0 Å². The maximum atomic E-state index is 11.6. The van der Waals surface area contributed by atoms with E-state index in [-0.39, 0.29) is 5.56 Å². The van der Waals surface area contributed by atoms with Crippen LogP contribution in [-0.4, -0.2) is 27.6 Å². The first-order chi connectivity index (χ1) is 8.67. The average molecular weight is 242 g/mol. The fourth-order valence-corrected chi connectivity index (χ4v) is 1.55. The smallest absolute Gasteiger partial charge is 0.343 e. The Morgan fingerprint density at radius 3 is 3.00 bits per heavy atom. The van der Waals surface area contributed by atoms with Gasteiger partial charge in [0.25, 0.3) is 0 Å². The molecule has 0 aliphatic heterocycles. The topological polar surface area (TPSA) is 80.8 Å². The van der Waals surface area contributed by atoms with E-state index in [1.54, 1.807) is 25.3 Å². The molecule has 0 fully saturated rings. The lowest BCUT2D eigenvalue weighted by Crippen LogP contribution is -2.12. The highest BCUT2D eigenvalue weighted by Crippen LogP contribution is 2.15. The van der Waals surface area contributed by atoms with Gasteiger partial charge in [-0.1, -0.05) is 0 Å². The van der Waals surface area contributed by atoms with Gasteiger partial charge in [-0.05, 0) is 19.1 Å². The Morgan fingerprint density at radius 2 is 2.33 bits per heavy atom. The first kappa shape index (κ1) is 11.8. The fourth-order valence-electron chi connectivity index (χ4n) is 1.55. The van der Waals surface area contributed by atoms with Gasteiger partial charge in [0.2, 0.25) is 0 Å². The number of ether oxygens (including phenoxy) is 1. The minimum Gasteiger partial charge on any atom is -0.465 e. The molecule has 0 radical (unpaired) electrons. The molecule has 2 aromatic heterocycles. The van der Waals surface area contributed by atoms with E-state index >= 15 is 0 Å². The number of aryl methyl sites for hydroxylation is 1. The van der Waals surface area contributed by atoms with E-state index in [0.717, 1.165) is 0 Å². The number of rotatable bonds is 2. The van der Waals surface area contributed by atoms with E-state index in [2.05, 4.69) is 14.7 Å². The molecule has 0 aliphatic rings. The second-order valence-electron chi connectivity index (χ2n) is 3.52. The quantitative estimate of drug-likeness (QED) is 0.740. The molecule has 6 heteroatoms. The van der Waals surface area contributed by atoms with Crippen molar-refractivity contribution in [1.29, 1.82) is 5.26 Å². The standard InChI is InChI=1S/C12H10N4O2/c1-8-14-7-10(12(17)18-2)11(15-8)16-5-3-4-9(16)6-13/h3-5,7H,1-2H3. The Balaban J connectivity index is 2.66. The molecule has 90 valence electrons. The van der Waals surface area contributed by atoms with Crippen molar-refractivity contribution >= 4 is 5.97 Å². The van der Waals surface area contributed by atoms with Crippen LogP contribution in [-0.2, 0) is 4.74 Å². The zero-order valence-corrected chi connectivity index (χ0v) is 9.91. The van der Waals surface area contributed by atoms with Crippen LogP contribution in [0.25, 0.3) is 5.82 Å². The number of hydrogen-bond acceptors (Lipinski definition) is 5. The summed E-state index contributed by atoms with van der Waals surface area (Å²) in [4.78, 5) is 19.8. The number of carbonyl (C=O) groups is 1. The molecule has 0 amide bonds. The van der Waals surface area contributed by atoms with Crippen LogP contribution < -0.4 is 0 Å². The van der Waals surface area contributed by atoms with Crippen molar-refractivity contribution in [2.45, 2.75) is 6.92 Å². The minimum atomic E-state index is -0.539. The highest BCUT2D eigenvalue weighted by atomic mass is 16.5. The molecule has 0 aliphatic carbocycles. The molecule has 0 N–H and O–H groups in total. The molecule has 2 aromatic rings. The maximum Gasteiger partial charge on any atom is 0.343 e. The van der Waals surface area contributed by atoms with Crippen molar-refractivity contribution in [3.8, 4) is 11.9 Å². The van der Waals surface area contributed by atoms with Gasteiger partial charge in [-0.25, -0.2) is 14.8 Å². The van der Waals surface area contributed by atoms with Gasteiger partial charge < -0.3 is 4.74 Å². The number of hydrogen-bond donors (Lipinski definition) is 0. The van der Waals surface area contributed by atoms with Crippen molar-refractivity contribution in [3.63, 3.8) is 0 Å². The summed E-state index contributed by atoms with van der Waals surface area (Å²) in [6, 6.07) is 5.37. The lowest BCUT2D eigenvalue weighted by Gasteiger charge is -2.09.